The van der Waals surface area contributed by atoms with Crippen molar-refractivity contribution in [3.63, 3.8) is 0 Å². The minimum Gasteiger partial charge on any atom is -0.471 e. The molecule has 9 heteroatoms. The van der Waals surface area contributed by atoms with Crippen LogP contribution in [-0.2, 0) is 28.9 Å². The third kappa shape index (κ3) is 8.88. The zero-order valence-corrected chi connectivity index (χ0v) is 28.1. The zero-order chi connectivity index (χ0) is 33.0. The summed E-state index contributed by atoms with van der Waals surface area (Å²) < 4.78 is 23.5. The number of aromatic nitrogens is 3. The lowest BCUT2D eigenvalue weighted by Gasteiger charge is -2.40. The van der Waals surface area contributed by atoms with Crippen LogP contribution < -0.4 is 4.74 Å². The third-order valence-corrected chi connectivity index (χ3v) is 8.99. The fourth-order valence-corrected chi connectivity index (χ4v) is 6.55. The van der Waals surface area contributed by atoms with Crippen LogP contribution in [0.25, 0.3) is 0 Å². The minimum atomic E-state index is -0.156. The first-order valence-corrected chi connectivity index (χ1v) is 17.2. The summed E-state index contributed by atoms with van der Waals surface area (Å²) in [7, 11) is 0. The molecule has 1 aliphatic carbocycles. The Labute approximate surface area is 287 Å². The van der Waals surface area contributed by atoms with Crippen molar-refractivity contribution in [1.82, 2.24) is 20.0 Å². The van der Waals surface area contributed by atoms with E-state index in [0.717, 1.165) is 79.3 Å². The molecule has 2 aromatic carbocycles. The van der Waals surface area contributed by atoms with E-state index in [2.05, 4.69) is 57.3 Å². The normalized spacial score (nSPS) is 15.4. The van der Waals surface area contributed by atoms with Crippen molar-refractivity contribution in [3.8, 4) is 5.88 Å². The molecule has 48 heavy (non-hydrogen) atoms. The summed E-state index contributed by atoms with van der Waals surface area (Å²) in [5.74, 6) is 2.03. The number of allylic oxidation sites excluding steroid dienone is 3. The number of imidazole rings is 1. The molecule has 8 nitrogen and oxygen atoms in total. The van der Waals surface area contributed by atoms with Crippen molar-refractivity contribution >= 4 is 11.6 Å². The maximum absolute atomic E-state index is 6.60. The van der Waals surface area contributed by atoms with Crippen LogP contribution in [0.2, 0.25) is 5.02 Å². The van der Waals surface area contributed by atoms with Gasteiger partial charge in [-0.05, 0) is 72.5 Å². The lowest BCUT2D eigenvalue weighted by atomic mass is 9.90. The number of H-pyrrole nitrogens is 1. The van der Waals surface area contributed by atoms with Gasteiger partial charge in [0.15, 0.2) is 5.76 Å². The van der Waals surface area contributed by atoms with Crippen molar-refractivity contribution in [2.24, 2.45) is 0 Å². The first-order valence-electron chi connectivity index (χ1n) is 16.8. The van der Waals surface area contributed by atoms with Crippen molar-refractivity contribution in [2.75, 3.05) is 6.54 Å². The van der Waals surface area contributed by atoms with Gasteiger partial charge >= 0.3 is 0 Å². The van der Waals surface area contributed by atoms with Crippen molar-refractivity contribution in [2.45, 2.75) is 77.0 Å². The average molecular weight is 667 g/mol. The van der Waals surface area contributed by atoms with E-state index in [9.17, 15) is 0 Å². The Balaban J connectivity index is 1.32. The Hall–Kier alpha value is -4.53. The molecule has 4 aromatic rings. The smallest absolute Gasteiger partial charge is 0.254 e. The van der Waals surface area contributed by atoms with Crippen molar-refractivity contribution < 1.29 is 18.7 Å². The van der Waals surface area contributed by atoms with Crippen LogP contribution in [0.5, 0.6) is 5.88 Å². The Morgan fingerprint density at radius 2 is 1.98 bits per heavy atom. The molecule has 3 heterocycles. The van der Waals surface area contributed by atoms with Crippen LogP contribution in [0.3, 0.4) is 0 Å². The van der Waals surface area contributed by atoms with E-state index >= 15 is 0 Å². The van der Waals surface area contributed by atoms with Gasteiger partial charge in [0.1, 0.15) is 31.2 Å². The molecule has 2 aromatic heterocycles. The zero-order valence-electron chi connectivity index (χ0n) is 27.4. The number of rotatable bonds is 17. The second-order valence-corrected chi connectivity index (χ2v) is 12.6. The Kier molecular flexibility index (Phi) is 11.8. The first-order chi connectivity index (χ1) is 23.7. The number of aryl methyl sites for hydroxylation is 2. The fourth-order valence-electron chi connectivity index (χ4n) is 6.36. The summed E-state index contributed by atoms with van der Waals surface area (Å²) in [6.07, 6.45) is 22.6. The van der Waals surface area contributed by atoms with Crippen LogP contribution in [-0.4, -0.2) is 32.6 Å². The molecule has 0 saturated heterocycles. The van der Waals surface area contributed by atoms with E-state index in [4.69, 9.17) is 30.3 Å². The molecule has 2 atom stereocenters. The van der Waals surface area contributed by atoms with E-state index in [-0.39, 0.29) is 12.1 Å². The topological polar surface area (TPSA) is 85.6 Å². The highest BCUT2D eigenvalue weighted by Gasteiger charge is 2.35. The van der Waals surface area contributed by atoms with Gasteiger partial charge in [-0.3, -0.25) is 4.90 Å². The number of hydrogen-bond donors (Lipinski definition) is 1. The highest BCUT2D eigenvalue weighted by Crippen LogP contribution is 2.38. The standard InChI is InChI=1S/C39H43ClN4O4/c1-2-3-15-31-23-32(40)17-18-34(31)39(35-25-41-28-42-35)44(36(37-27-45-20-21-46-37)22-29-11-6-4-7-12-29)19-10-16-33-24-38(43-48-33)47-26-30-13-8-5-9-14-30/h4-6,8-9,11,13-14,17-18,20-21,23-25,27-28,36,39H,2-3,7,10,12,15-16,19,22,26H2,1H3,(H,41,42). The van der Waals surface area contributed by atoms with Crippen LogP contribution in [0.15, 0.2) is 120 Å². The summed E-state index contributed by atoms with van der Waals surface area (Å²) in [5, 5.41) is 4.92. The molecule has 1 aliphatic heterocycles. The number of benzene rings is 2. The number of aromatic amines is 1. The Bertz CT molecular complexity index is 1710. The summed E-state index contributed by atoms with van der Waals surface area (Å²) in [5.41, 5.74) is 5.88. The SMILES string of the molecule is CCCCc1cc(Cl)ccc1C(c1cnc[nH]1)N(CCCc1cc(OCc2ccccc2)no1)C(CC1=CC=CCC1)C1=COC=CO1. The molecule has 0 radical (unpaired) electrons. The van der Waals surface area contributed by atoms with Crippen molar-refractivity contribution in [3.05, 3.63) is 149 Å². The molecule has 0 bridgehead atoms. The van der Waals surface area contributed by atoms with E-state index in [1.54, 1.807) is 25.1 Å². The second kappa shape index (κ2) is 17.0. The van der Waals surface area contributed by atoms with Gasteiger partial charge < -0.3 is 23.7 Å². The highest BCUT2D eigenvalue weighted by atomic mass is 35.5. The maximum Gasteiger partial charge on any atom is 0.254 e. The average Bonchev–Trinajstić information content (AvgIpc) is 3.83. The number of hydrogen-bond acceptors (Lipinski definition) is 7. The number of nitrogens with zero attached hydrogens (tertiary/aromatic N) is 3. The Morgan fingerprint density at radius 3 is 2.75 bits per heavy atom. The summed E-state index contributed by atoms with van der Waals surface area (Å²) in [6.45, 7) is 3.37. The van der Waals surface area contributed by atoms with Gasteiger partial charge in [-0.1, -0.05) is 85.1 Å². The second-order valence-electron chi connectivity index (χ2n) is 12.2. The van der Waals surface area contributed by atoms with Crippen molar-refractivity contribution in [1.29, 1.82) is 0 Å². The van der Waals surface area contributed by atoms with Crippen LogP contribution in [0, 0.1) is 0 Å². The van der Waals surface area contributed by atoms with E-state index in [1.807, 2.05) is 48.7 Å². The maximum atomic E-state index is 6.60. The van der Waals surface area contributed by atoms with Gasteiger partial charge in [-0.25, -0.2) is 4.98 Å². The molecular formula is C39H43ClN4O4. The molecule has 0 saturated carbocycles. The lowest BCUT2D eigenvalue weighted by molar-refractivity contribution is 0.114. The summed E-state index contributed by atoms with van der Waals surface area (Å²) >= 11 is 6.60. The molecule has 6 rings (SSSR count). The van der Waals surface area contributed by atoms with Crippen LogP contribution in [0.1, 0.15) is 79.6 Å². The largest absolute Gasteiger partial charge is 0.471 e. The van der Waals surface area contributed by atoms with E-state index in [1.165, 1.54) is 16.7 Å². The molecule has 0 amide bonds. The number of unbranched alkanes of at least 4 members (excludes halogenated alkanes) is 1. The molecule has 0 spiro atoms. The predicted octanol–water partition coefficient (Wildman–Crippen LogP) is 9.39. The molecular weight excluding hydrogens is 624 g/mol. The van der Waals surface area contributed by atoms with Crippen LogP contribution >= 0.6 is 11.6 Å². The van der Waals surface area contributed by atoms with E-state index < -0.39 is 0 Å². The fraction of sp³-hybridized carbons (Fsp3) is 0.333. The molecule has 2 aliphatic rings. The summed E-state index contributed by atoms with van der Waals surface area (Å²) in [6, 6.07) is 17.9. The Morgan fingerprint density at radius 1 is 1.06 bits per heavy atom. The quantitative estimate of drug-likeness (QED) is 0.120. The molecule has 2 unspecified atom stereocenters. The highest BCUT2D eigenvalue weighted by molar-refractivity contribution is 6.30. The lowest BCUT2D eigenvalue weighted by Crippen LogP contribution is -2.42. The summed E-state index contributed by atoms with van der Waals surface area (Å²) in [4.78, 5) is 10.4. The molecule has 1 N–H and O–H groups in total. The van der Waals surface area contributed by atoms with Gasteiger partial charge in [-0.15, -0.1) is 0 Å². The molecule has 0 fully saturated rings. The minimum absolute atomic E-state index is 0.129. The van der Waals surface area contributed by atoms with Gasteiger partial charge in [0, 0.05) is 30.3 Å². The number of nitrogens with one attached hydrogen (secondary N) is 1. The monoisotopic (exact) mass is 666 g/mol. The predicted molar refractivity (Wildman–Crippen MR) is 187 cm³/mol. The van der Waals surface area contributed by atoms with Gasteiger partial charge in [0.05, 0.1) is 24.1 Å². The number of halogens is 1. The van der Waals surface area contributed by atoms with E-state index in [0.29, 0.717) is 18.9 Å². The first kappa shape index (κ1) is 33.4. The number of ether oxygens (including phenoxy) is 3. The van der Waals surface area contributed by atoms with Gasteiger partial charge in [-0.2, -0.15) is 0 Å². The molecule has 250 valence electrons. The van der Waals surface area contributed by atoms with Crippen LogP contribution in [0.4, 0.5) is 0 Å². The van der Waals surface area contributed by atoms with Gasteiger partial charge in [0.2, 0.25) is 0 Å². The third-order valence-electron chi connectivity index (χ3n) is 8.76. The van der Waals surface area contributed by atoms with Gasteiger partial charge in [0.25, 0.3) is 5.88 Å².